The molecule has 172 valence electrons. The van der Waals surface area contributed by atoms with Crippen LogP contribution in [-0.4, -0.2) is 57.9 Å². The van der Waals surface area contributed by atoms with Crippen LogP contribution >= 0.6 is 0 Å². The number of anilines is 2. The first kappa shape index (κ1) is 23.7. The van der Waals surface area contributed by atoms with Gasteiger partial charge in [-0.05, 0) is 49.2 Å². The maximum Gasteiger partial charge on any atom is 0.337 e. The molecule has 0 unspecified atom stereocenters. The molecule has 2 aromatic carbocycles. The first-order chi connectivity index (χ1) is 15.3. The summed E-state index contributed by atoms with van der Waals surface area (Å²) in [6.45, 7) is 5.85. The molecule has 0 atom stereocenters. The lowest BCUT2D eigenvalue weighted by Gasteiger charge is -2.23. The van der Waals surface area contributed by atoms with Crippen molar-refractivity contribution in [3.63, 3.8) is 0 Å². The number of benzene rings is 2. The normalized spacial score (nSPS) is 13.9. The lowest BCUT2D eigenvalue weighted by atomic mass is 10.1. The number of amides is 1. The Morgan fingerprint density at radius 2 is 1.75 bits per heavy atom. The molecule has 2 aromatic rings. The number of nitrogens with one attached hydrogen (secondary N) is 1. The van der Waals surface area contributed by atoms with Crippen LogP contribution in [0, 0.1) is 0 Å². The highest BCUT2D eigenvalue weighted by Crippen LogP contribution is 2.29. The summed E-state index contributed by atoms with van der Waals surface area (Å²) >= 11 is 0. The molecular formula is C23H29N3O5S. The average molecular weight is 460 g/mol. The number of hydrogen-bond donors (Lipinski definition) is 1. The summed E-state index contributed by atoms with van der Waals surface area (Å²) < 4.78 is 32.2. The van der Waals surface area contributed by atoms with Crippen molar-refractivity contribution in [1.82, 2.24) is 4.31 Å². The smallest absolute Gasteiger partial charge is 0.337 e. The molecular weight excluding hydrogens is 430 g/mol. The third kappa shape index (κ3) is 4.94. The standard InChI is InChI=1S/C23H29N3O5S/c1-4-26(5-2)32(29,30)19-11-12-21(25-13-6-7-14-25)20(16-19)22(27)24-18-10-8-9-17(15-18)23(28)31-3/h8-12,15-16H,4-7,13-14H2,1-3H3,(H,24,27). The van der Waals surface area contributed by atoms with E-state index >= 15 is 0 Å². The molecule has 1 aliphatic heterocycles. The quantitative estimate of drug-likeness (QED) is 0.608. The molecule has 8 nitrogen and oxygen atoms in total. The molecule has 32 heavy (non-hydrogen) atoms. The number of methoxy groups -OCH3 is 1. The predicted molar refractivity (Wildman–Crippen MR) is 124 cm³/mol. The Labute approximate surface area is 189 Å². The maximum absolute atomic E-state index is 13.3. The minimum atomic E-state index is -3.72. The molecule has 1 saturated heterocycles. The van der Waals surface area contributed by atoms with Crippen molar-refractivity contribution in [2.24, 2.45) is 0 Å². The van der Waals surface area contributed by atoms with Crippen LogP contribution in [0.15, 0.2) is 47.4 Å². The van der Waals surface area contributed by atoms with Gasteiger partial charge in [0.2, 0.25) is 10.0 Å². The third-order valence-electron chi connectivity index (χ3n) is 5.54. The van der Waals surface area contributed by atoms with Crippen molar-refractivity contribution in [2.45, 2.75) is 31.6 Å². The summed E-state index contributed by atoms with van der Waals surface area (Å²) in [5.74, 6) is -0.948. The number of nitrogens with zero attached hydrogens (tertiary/aromatic N) is 2. The van der Waals surface area contributed by atoms with Crippen molar-refractivity contribution in [3.05, 3.63) is 53.6 Å². The van der Waals surface area contributed by atoms with Gasteiger partial charge >= 0.3 is 5.97 Å². The summed E-state index contributed by atoms with van der Waals surface area (Å²) in [7, 11) is -2.43. The fraction of sp³-hybridized carbons (Fsp3) is 0.391. The number of hydrogen-bond acceptors (Lipinski definition) is 6. The Morgan fingerprint density at radius 1 is 1.06 bits per heavy atom. The van der Waals surface area contributed by atoms with Gasteiger partial charge in [0.15, 0.2) is 0 Å². The molecule has 1 aliphatic rings. The average Bonchev–Trinajstić information content (AvgIpc) is 3.33. The Balaban J connectivity index is 2.00. The molecule has 0 radical (unpaired) electrons. The first-order valence-corrected chi connectivity index (χ1v) is 12.1. The van der Waals surface area contributed by atoms with Crippen LogP contribution in [0.25, 0.3) is 0 Å². The Bertz CT molecular complexity index is 1090. The number of esters is 1. The van der Waals surface area contributed by atoms with Crippen LogP contribution in [0.5, 0.6) is 0 Å². The molecule has 0 aromatic heterocycles. The van der Waals surface area contributed by atoms with Crippen LogP contribution in [-0.2, 0) is 14.8 Å². The Hall–Kier alpha value is -2.91. The predicted octanol–water partition coefficient (Wildman–Crippen LogP) is 3.36. The summed E-state index contributed by atoms with van der Waals surface area (Å²) in [6, 6.07) is 11.1. The van der Waals surface area contributed by atoms with Gasteiger partial charge in [0.05, 0.1) is 23.1 Å². The molecule has 1 N–H and O–H groups in total. The van der Waals surface area contributed by atoms with Crippen molar-refractivity contribution in [3.8, 4) is 0 Å². The zero-order valence-electron chi connectivity index (χ0n) is 18.6. The second-order valence-corrected chi connectivity index (χ2v) is 9.43. The first-order valence-electron chi connectivity index (χ1n) is 10.7. The van der Waals surface area contributed by atoms with Crippen molar-refractivity contribution in [2.75, 3.05) is 43.5 Å². The molecule has 1 heterocycles. The number of ether oxygens (including phenoxy) is 1. The second kappa shape index (κ2) is 10.1. The zero-order valence-corrected chi connectivity index (χ0v) is 19.4. The van der Waals surface area contributed by atoms with Gasteiger partial charge in [-0.25, -0.2) is 13.2 Å². The van der Waals surface area contributed by atoms with Gasteiger partial charge in [0.25, 0.3) is 5.91 Å². The van der Waals surface area contributed by atoms with Gasteiger partial charge in [-0.15, -0.1) is 0 Å². The van der Waals surface area contributed by atoms with Gasteiger partial charge in [-0.1, -0.05) is 19.9 Å². The van der Waals surface area contributed by atoms with Crippen LogP contribution < -0.4 is 10.2 Å². The van der Waals surface area contributed by atoms with Gasteiger partial charge < -0.3 is 15.0 Å². The van der Waals surface area contributed by atoms with Gasteiger partial charge in [-0.2, -0.15) is 4.31 Å². The zero-order chi connectivity index (χ0) is 23.3. The van der Waals surface area contributed by atoms with E-state index in [9.17, 15) is 18.0 Å². The molecule has 9 heteroatoms. The van der Waals surface area contributed by atoms with Gasteiger partial charge in [0, 0.05) is 37.6 Å². The lowest BCUT2D eigenvalue weighted by molar-refractivity contribution is 0.0600. The SMILES string of the molecule is CCN(CC)S(=O)(=O)c1ccc(N2CCCC2)c(C(=O)Nc2cccc(C(=O)OC)c2)c1. The number of rotatable bonds is 8. The van der Waals surface area contributed by atoms with E-state index in [1.165, 1.54) is 23.5 Å². The third-order valence-corrected chi connectivity index (χ3v) is 7.59. The molecule has 0 aliphatic carbocycles. The van der Waals surface area contributed by atoms with Crippen molar-refractivity contribution < 1.29 is 22.7 Å². The summed E-state index contributed by atoms with van der Waals surface area (Å²) in [6.07, 6.45) is 2.03. The minimum absolute atomic E-state index is 0.0811. The minimum Gasteiger partial charge on any atom is -0.465 e. The number of sulfonamides is 1. The van der Waals surface area contributed by atoms with E-state index in [2.05, 4.69) is 10.2 Å². The van der Waals surface area contributed by atoms with Gasteiger partial charge in [0.1, 0.15) is 0 Å². The van der Waals surface area contributed by atoms with E-state index in [1.807, 2.05) is 0 Å². The fourth-order valence-corrected chi connectivity index (χ4v) is 5.33. The highest BCUT2D eigenvalue weighted by Gasteiger charge is 2.26. The molecule has 1 amide bonds. The highest BCUT2D eigenvalue weighted by atomic mass is 32.2. The van der Waals surface area contributed by atoms with Gasteiger partial charge in [-0.3, -0.25) is 4.79 Å². The molecule has 0 spiro atoms. The Morgan fingerprint density at radius 3 is 2.38 bits per heavy atom. The number of carbonyl (C=O) groups is 2. The number of carbonyl (C=O) groups excluding carboxylic acids is 2. The van der Waals surface area contributed by atoms with Crippen molar-refractivity contribution >= 4 is 33.3 Å². The van der Waals surface area contributed by atoms with Crippen molar-refractivity contribution in [1.29, 1.82) is 0 Å². The van der Waals surface area contributed by atoms with E-state index in [-0.39, 0.29) is 10.5 Å². The van der Waals surface area contributed by atoms with E-state index in [0.29, 0.717) is 30.0 Å². The maximum atomic E-state index is 13.3. The lowest BCUT2D eigenvalue weighted by Crippen LogP contribution is -2.31. The second-order valence-electron chi connectivity index (χ2n) is 7.49. The fourth-order valence-electron chi connectivity index (χ4n) is 3.84. The summed E-state index contributed by atoms with van der Waals surface area (Å²) in [5.41, 5.74) is 1.71. The molecule has 0 saturated carbocycles. The molecule has 1 fully saturated rings. The topological polar surface area (TPSA) is 96.0 Å². The van der Waals surface area contributed by atoms with Crippen LogP contribution in [0.1, 0.15) is 47.4 Å². The van der Waals surface area contributed by atoms with Crippen LogP contribution in [0.4, 0.5) is 11.4 Å². The van der Waals surface area contributed by atoms with Crippen LogP contribution in [0.2, 0.25) is 0 Å². The van der Waals surface area contributed by atoms with Crippen LogP contribution in [0.3, 0.4) is 0 Å². The molecule has 3 rings (SSSR count). The van der Waals surface area contributed by atoms with E-state index in [1.54, 1.807) is 44.2 Å². The highest BCUT2D eigenvalue weighted by molar-refractivity contribution is 7.89. The molecule has 0 bridgehead atoms. The monoisotopic (exact) mass is 459 g/mol. The summed E-state index contributed by atoms with van der Waals surface area (Å²) in [4.78, 5) is 27.3. The largest absolute Gasteiger partial charge is 0.465 e. The van der Waals surface area contributed by atoms with E-state index in [0.717, 1.165) is 25.9 Å². The Kier molecular flexibility index (Phi) is 7.52. The van der Waals surface area contributed by atoms with E-state index in [4.69, 9.17) is 4.74 Å². The summed E-state index contributed by atoms with van der Waals surface area (Å²) in [5, 5.41) is 2.80. The van der Waals surface area contributed by atoms with E-state index < -0.39 is 21.9 Å².